The first-order chi connectivity index (χ1) is 28.7. The van der Waals surface area contributed by atoms with Gasteiger partial charge >= 0.3 is 0 Å². The molecule has 2 aromatic heterocycles. The van der Waals surface area contributed by atoms with Gasteiger partial charge in [-0.25, -0.2) is 4.98 Å². The lowest BCUT2D eigenvalue weighted by Crippen LogP contribution is -2.41. The van der Waals surface area contributed by atoms with E-state index in [0.29, 0.717) is 25.7 Å². The van der Waals surface area contributed by atoms with Crippen LogP contribution in [0.25, 0.3) is 44.1 Å². The zero-order chi connectivity index (χ0) is 40.9. The largest absolute Gasteiger partial charge is 0.488 e. The van der Waals surface area contributed by atoms with Gasteiger partial charge < -0.3 is 34.6 Å². The predicted molar refractivity (Wildman–Crippen MR) is 233 cm³/mol. The number of likely N-dealkylation sites (tertiary alicyclic amines) is 2. The molecule has 0 unspecified atom stereocenters. The van der Waals surface area contributed by atoms with Crippen molar-refractivity contribution in [1.29, 1.82) is 0 Å². The molecule has 0 aliphatic carbocycles. The molecule has 0 radical (unpaired) electrons. The van der Waals surface area contributed by atoms with Crippen molar-refractivity contribution in [3.63, 3.8) is 0 Å². The Morgan fingerprint density at radius 1 is 0.949 bits per heavy atom. The van der Waals surface area contributed by atoms with Gasteiger partial charge in [-0.1, -0.05) is 75.4 Å². The number of benzene rings is 4. The average molecular weight is 793 g/mol. The van der Waals surface area contributed by atoms with Crippen molar-refractivity contribution in [2.45, 2.75) is 84.2 Å². The highest BCUT2D eigenvalue weighted by molar-refractivity contribution is 6.08. The van der Waals surface area contributed by atoms with Crippen molar-refractivity contribution in [3.05, 3.63) is 108 Å². The highest BCUT2D eigenvalue weighted by atomic mass is 16.5. The molecule has 6 aromatic rings. The summed E-state index contributed by atoms with van der Waals surface area (Å²) in [6.45, 7) is 10.3. The normalized spacial score (nSPS) is 21.2. The third-order valence-corrected chi connectivity index (χ3v) is 13.3. The molecular weight excluding hydrogens is 737 g/mol. The molecule has 10 heteroatoms. The molecule has 2 fully saturated rings. The van der Waals surface area contributed by atoms with Crippen LogP contribution < -0.4 is 10.1 Å². The zero-order valence-corrected chi connectivity index (χ0v) is 35.0. The minimum atomic E-state index is -0.451. The van der Waals surface area contributed by atoms with Crippen LogP contribution in [0.4, 0.5) is 0 Å². The summed E-state index contributed by atoms with van der Waals surface area (Å²) in [5.41, 5.74) is 8.39. The minimum Gasteiger partial charge on any atom is -0.488 e. The summed E-state index contributed by atoms with van der Waals surface area (Å²) < 4.78 is 12.0. The number of nitrogens with one attached hydrogen (secondary N) is 3. The molecule has 9 rings (SSSR count). The van der Waals surface area contributed by atoms with Gasteiger partial charge in [0.1, 0.15) is 24.2 Å². The van der Waals surface area contributed by atoms with Crippen LogP contribution in [0, 0.1) is 17.8 Å². The zero-order valence-electron chi connectivity index (χ0n) is 35.0. The quantitative estimate of drug-likeness (QED) is 0.120. The van der Waals surface area contributed by atoms with Crippen LogP contribution in [0.15, 0.2) is 85.1 Å². The number of nitrogens with zero attached hydrogens (tertiary/aromatic N) is 3. The number of likely N-dealkylation sites (N-methyl/N-ethyl adjacent to an activating group) is 1. The molecule has 4 aromatic carbocycles. The number of hydrogen-bond donors (Lipinski definition) is 3. The monoisotopic (exact) mass is 792 g/mol. The van der Waals surface area contributed by atoms with Gasteiger partial charge in [0.25, 0.3) is 0 Å². The van der Waals surface area contributed by atoms with Gasteiger partial charge in [0.2, 0.25) is 11.8 Å². The summed E-state index contributed by atoms with van der Waals surface area (Å²) in [5.74, 6) is 2.52. The summed E-state index contributed by atoms with van der Waals surface area (Å²) in [5, 5.41) is 6.64. The van der Waals surface area contributed by atoms with E-state index in [0.717, 1.165) is 98.1 Å². The standard InChI is InChI=1S/C49H56N6O4/c1-7-36(28(2)3)48(56)55-29(4)13-18-42(55)40-22-34-15-14-32-21-39-37-17-16-33(20-35(37)27-59-44(39)23-38(32)45(34)52-40)41-24-51-47(53-41)43-19-30(26-58-6)25-54(43)49(57)46(50-5)31-11-9-8-10-12-31/h8-12,14-17,20-24,28-30,36,42-43,46,50,52H,7,13,18-19,25-27H2,1-6H3,(H,51,53)/t29-,30-,36-,42-,43-,46+/m0/s1. The molecule has 2 amide bonds. The maximum atomic E-state index is 14.1. The predicted octanol–water partition coefficient (Wildman–Crippen LogP) is 9.50. The summed E-state index contributed by atoms with van der Waals surface area (Å²) >= 11 is 0. The highest BCUT2D eigenvalue weighted by Gasteiger charge is 2.41. The van der Waals surface area contributed by atoms with Gasteiger partial charge in [-0.15, -0.1) is 0 Å². The van der Waals surface area contributed by atoms with Gasteiger partial charge in [-0.2, -0.15) is 0 Å². The Morgan fingerprint density at radius 3 is 2.53 bits per heavy atom. The maximum Gasteiger partial charge on any atom is 0.244 e. The number of imidazole rings is 1. The van der Waals surface area contributed by atoms with Gasteiger partial charge in [0.15, 0.2) is 0 Å². The molecule has 10 nitrogen and oxygen atoms in total. The molecule has 6 atom stereocenters. The number of carbonyl (C=O) groups excluding carboxylic acids is 2. The van der Waals surface area contributed by atoms with Crippen molar-refractivity contribution in [2.24, 2.45) is 17.8 Å². The Balaban J connectivity index is 0.983. The molecule has 0 bridgehead atoms. The number of carbonyl (C=O) groups is 2. The number of H-pyrrole nitrogens is 2. The van der Waals surface area contributed by atoms with Crippen molar-refractivity contribution in [1.82, 2.24) is 30.1 Å². The number of rotatable bonds is 11. The second-order valence-electron chi connectivity index (χ2n) is 17.3. The van der Waals surface area contributed by atoms with E-state index < -0.39 is 6.04 Å². The Morgan fingerprint density at radius 2 is 1.76 bits per heavy atom. The van der Waals surface area contributed by atoms with Crippen molar-refractivity contribution in [3.8, 4) is 28.1 Å². The third-order valence-electron chi connectivity index (χ3n) is 13.3. The van der Waals surface area contributed by atoms with E-state index in [1.807, 2.05) is 48.5 Å². The Hall–Kier alpha value is -5.45. The number of hydrogen-bond acceptors (Lipinski definition) is 6. The summed E-state index contributed by atoms with van der Waals surface area (Å²) in [7, 11) is 3.55. The van der Waals surface area contributed by atoms with Crippen LogP contribution in [-0.4, -0.2) is 69.9 Å². The molecule has 3 aliphatic rings. The number of aromatic amines is 2. The van der Waals surface area contributed by atoms with Crippen LogP contribution >= 0.6 is 0 Å². The lowest BCUT2D eigenvalue weighted by atomic mass is 9.91. The Labute approximate surface area is 346 Å². The third kappa shape index (κ3) is 7.00. The first-order valence-electron chi connectivity index (χ1n) is 21.4. The van der Waals surface area contributed by atoms with Crippen LogP contribution in [0.1, 0.15) is 94.1 Å². The molecule has 5 heterocycles. The van der Waals surface area contributed by atoms with Gasteiger partial charge in [0, 0.05) is 53.6 Å². The lowest BCUT2D eigenvalue weighted by Gasteiger charge is -2.33. The molecule has 3 N–H and O–H groups in total. The van der Waals surface area contributed by atoms with E-state index in [-0.39, 0.29) is 41.8 Å². The topological polar surface area (TPSA) is 116 Å². The Kier molecular flexibility index (Phi) is 10.6. The minimum absolute atomic E-state index is 0.0311. The molecular formula is C49H56N6O4. The number of aromatic nitrogens is 3. The summed E-state index contributed by atoms with van der Waals surface area (Å²) in [6.07, 6.45) is 5.47. The lowest BCUT2D eigenvalue weighted by molar-refractivity contribution is -0.140. The summed E-state index contributed by atoms with van der Waals surface area (Å²) in [4.78, 5) is 44.3. The van der Waals surface area contributed by atoms with E-state index in [1.165, 1.54) is 0 Å². The van der Waals surface area contributed by atoms with Gasteiger partial charge in [-0.05, 0) is 97.5 Å². The van der Waals surface area contributed by atoms with Gasteiger partial charge in [0.05, 0.1) is 36.1 Å². The molecule has 0 spiro atoms. The second-order valence-corrected chi connectivity index (χ2v) is 17.3. The van der Waals surface area contributed by atoms with Crippen molar-refractivity contribution >= 4 is 33.5 Å². The molecule has 0 saturated carbocycles. The molecule has 306 valence electrons. The number of ether oxygens (including phenoxy) is 2. The van der Waals surface area contributed by atoms with Crippen molar-refractivity contribution < 1.29 is 19.1 Å². The van der Waals surface area contributed by atoms with Crippen LogP contribution in [0.5, 0.6) is 5.75 Å². The number of methoxy groups -OCH3 is 1. The fourth-order valence-electron chi connectivity index (χ4n) is 10.2. The van der Waals surface area contributed by atoms with Gasteiger partial charge in [-0.3, -0.25) is 9.59 Å². The molecule has 59 heavy (non-hydrogen) atoms. The van der Waals surface area contributed by atoms with Crippen LogP contribution in [0.3, 0.4) is 0 Å². The van der Waals surface area contributed by atoms with Crippen LogP contribution in [-0.2, 0) is 20.9 Å². The van der Waals surface area contributed by atoms with E-state index in [9.17, 15) is 9.59 Å². The Bertz CT molecular complexity index is 2510. The van der Waals surface area contributed by atoms with Crippen molar-refractivity contribution in [2.75, 3.05) is 27.3 Å². The van der Waals surface area contributed by atoms with E-state index in [2.05, 4.69) is 96.4 Å². The average Bonchev–Trinajstić information content (AvgIpc) is 4.06. The highest BCUT2D eigenvalue weighted by Crippen LogP contribution is 2.45. The van der Waals surface area contributed by atoms with Crippen LogP contribution in [0.2, 0.25) is 0 Å². The SMILES string of the molecule is CC[C@H](C(=O)N1[C@@H](C)CC[C@H]1c1cc2ccc3cc4c(cc3c2[nH]1)OCc1cc(-c2cnc([C@@H]3C[C@H](COC)CN3C(=O)[C@H](NC)c3ccccc3)[nH]2)ccc1-4)C(C)C. The smallest absolute Gasteiger partial charge is 0.244 e. The first-order valence-corrected chi connectivity index (χ1v) is 21.4. The number of fused-ring (bicyclic) bond motifs is 6. The molecule has 2 saturated heterocycles. The van der Waals surface area contributed by atoms with E-state index in [4.69, 9.17) is 14.5 Å². The second kappa shape index (κ2) is 16.0. The first kappa shape index (κ1) is 39.0. The van der Waals surface area contributed by atoms with E-state index in [1.54, 1.807) is 7.11 Å². The maximum absolute atomic E-state index is 14.1. The fourth-order valence-corrected chi connectivity index (χ4v) is 10.2. The van der Waals surface area contributed by atoms with E-state index >= 15 is 0 Å². The number of amides is 2. The molecule has 3 aliphatic heterocycles. The fraction of sp³-hybridized carbons (Fsp3) is 0.408. The summed E-state index contributed by atoms with van der Waals surface area (Å²) in [6, 6.07) is 27.1.